The first-order chi connectivity index (χ1) is 13.7. The predicted octanol–water partition coefficient (Wildman–Crippen LogP) is 2.96. The number of likely N-dealkylation sites (tertiary alicyclic amines) is 1. The second kappa shape index (κ2) is 8.13. The second-order valence-corrected chi connectivity index (χ2v) is 7.01. The van der Waals surface area contributed by atoms with Crippen LogP contribution < -0.4 is 0 Å². The molecule has 0 bridgehead atoms. The summed E-state index contributed by atoms with van der Waals surface area (Å²) in [7, 11) is 0. The number of Topliss-reactive ketones (excluding diaryl/α,β-unsaturated/α-hetero) is 1. The van der Waals surface area contributed by atoms with Crippen LogP contribution in [0.2, 0.25) is 0 Å². The van der Waals surface area contributed by atoms with Gasteiger partial charge in [0.15, 0.2) is 0 Å². The number of aromatic nitrogens is 2. The highest BCUT2D eigenvalue weighted by Crippen LogP contribution is 2.25. The number of rotatable bonds is 6. The Morgan fingerprint density at radius 3 is 2.25 bits per heavy atom. The van der Waals surface area contributed by atoms with E-state index >= 15 is 0 Å². The van der Waals surface area contributed by atoms with Gasteiger partial charge in [-0.3, -0.25) is 9.59 Å². The normalized spacial score (nSPS) is 16.6. The van der Waals surface area contributed by atoms with E-state index in [9.17, 15) is 9.59 Å². The molecular formula is C23H21N3O2. The standard InChI is InChI=1S/C23H21N3O2/c27-22-20(15-26(23(22)28)14-18-9-5-2-6-10-18)21-13-19(24-16-25-21)12-11-17-7-3-1-4-8-17/h1-10,13,16,20H,11-12,14-15H2. The lowest BCUT2D eigenvalue weighted by Crippen LogP contribution is -2.26. The topological polar surface area (TPSA) is 63.2 Å². The minimum atomic E-state index is -0.519. The van der Waals surface area contributed by atoms with E-state index < -0.39 is 11.8 Å². The van der Waals surface area contributed by atoms with E-state index in [0.29, 0.717) is 18.8 Å². The van der Waals surface area contributed by atoms with Crippen molar-refractivity contribution in [1.29, 1.82) is 0 Å². The summed E-state index contributed by atoms with van der Waals surface area (Å²) in [5, 5.41) is 0. The smallest absolute Gasteiger partial charge is 0.291 e. The van der Waals surface area contributed by atoms with Gasteiger partial charge in [-0.15, -0.1) is 0 Å². The quantitative estimate of drug-likeness (QED) is 0.625. The zero-order valence-corrected chi connectivity index (χ0v) is 15.5. The summed E-state index contributed by atoms with van der Waals surface area (Å²) >= 11 is 0. The molecule has 1 saturated heterocycles. The molecule has 2 aromatic carbocycles. The third kappa shape index (κ3) is 3.98. The van der Waals surface area contributed by atoms with E-state index in [1.165, 1.54) is 11.9 Å². The number of benzene rings is 2. The van der Waals surface area contributed by atoms with Crippen LogP contribution in [0, 0.1) is 0 Å². The third-order valence-electron chi connectivity index (χ3n) is 5.05. The molecule has 0 spiro atoms. The maximum Gasteiger partial charge on any atom is 0.291 e. The van der Waals surface area contributed by atoms with Crippen molar-refractivity contribution in [2.75, 3.05) is 6.54 Å². The lowest BCUT2D eigenvalue weighted by atomic mass is 10.0. The van der Waals surface area contributed by atoms with Crippen LogP contribution >= 0.6 is 0 Å². The molecule has 1 amide bonds. The maximum atomic E-state index is 12.5. The van der Waals surface area contributed by atoms with Crippen LogP contribution in [0.4, 0.5) is 0 Å². The molecule has 5 heteroatoms. The van der Waals surface area contributed by atoms with Gasteiger partial charge in [0.05, 0.1) is 11.6 Å². The summed E-state index contributed by atoms with van der Waals surface area (Å²) < 4.78 is 0. The van der Waals surface area contributed by atoms with E-state index in [1.54, 1.807) is 4.90 Å². The van der Waals surface area contributed by atoms with Gasteiger partial charge in [-0.05, 0) is 30.0 Å². The number of aryl methyl sites for hydroxylation is 2. The van der Waals surface area contributed by atoms with Crippen LogP contribution in [0.1, 0.15) is 28.4 Å². The lowest BCUT2D eigenvalue weighted by molar-refractivity contribution is -0.140. The Kier molecular flexibility index (Phi) is 5.24. The third-order valence-corrected chi connectivity index (χ3v) is 5.05. The van der Waals surface area contributed by atoms with Crippen LogP contribution in [0.5, 0.6) is 0 Å². The monoisotopic (exact) mass is 371 g/mol. The van der Waals surface area contributed by atoms with Gasteiger partial charge in [-0.25, -0.2) is 9.97 Å². The minimum absolute atomic E-state index is 0.363. The summed E-state index contributed by atoms with van der Waals surface area (Å²) in [6, 6.07) is 21.8. The molecule has 1 atom stereocenters. The average Bonchev–Trinajstić information content (AvgIpc) is 3.02. The van der Waals surface area contributed by atoms with Crippen LogP contribution in [0.15, 0.2) is 73.1 Å². The number of nitrogens with zero attached hydrogens (tertiary/aromatic N) is 3. The number of hydrogen-bond donors (Lipinski definition) is 0. The molecule has 140 valence electrons. The first kappa shape index (κ1) is 18.0. The second-order valence-electron chi connectivity index (χ2n) is 7.01. The summed E-state index contributed by atoms with van der Waals surface area (Å²) in [4.78, 5) is 35.2. The van der Waals surface area contributed by atoms with Gasteiger partial charge in [0, 0.05) is 18.8 Å². The minimum Gasteiger partial charge on any atom is -0.331 e. The molecule has 1 aliphatic rings. The average molecular weight is 371 g/mol. The van der Waals surface area contributed by atoms with E-state index in [-0.39, 0.29) is 5.78 Å². The highest BCUT2D eigenvalue weighted by Gasteiger charge is 2.40. The molecule has 0 aliphatic carbocycles. The van der Waals surface area contributed by atoms with Gasteiger partial charge in [0.25, 0.3) is 5.91 Å². The van der Waals surface area contributed by atoms with E-state index in [1.807, 2.05) is 54.6 Å². The summed E-state index contributed by atoms with van der Waals surface area (Å²) in [5.74, 6) is -1.34. The first-order valence-electron chi connectivity index (χ1n) is 9.42. The Morgan fingerprint density at radius 1 is 0.857 bits per heavy atom. The fourth-order valence-electron chi connectivity index (χ4n) is 3.52. The molecule has 5 nitrogen and oxygen atoms in total. The SMILES string of the molecule is O=C1C(=O)N(Cc2ccccc2)CC1c1cc(CCc2ccccc2)ncn1. The van der Waals surface area contributed by atoms with Gasteiger partial charge in [0.2, 0.25) is 5.78 Å². The number of carbonyl (C=O) groups is 2. The molecule has 28 heavy (non-hydrogen) atoms. The summed E-state index contributed by atoms with van der Waals surface area (Å²) in [6.45, 7) is 0.801. The molecular weight excluding hydrogens is 350 g/mol. The van der Waals surface area contributed by atoms with E-state index in [4.69, 9.17) is 0 Å². The highest BCUT2D eigenvalue weighted by molar-refractivity contribution is 6.40. The number of hydrogen-bond acceptors (Lipinski definition) is 4. The molecule has 0 radical (unpaired) electrons. The largest absolute Gasteiger partial charge is 0.331 e. The summed E-state index contributed by atoms with van der Waals surface area (Å²) in [6.07, 6.45) is 3.13. The first-order valence-corrected chi connectivity index (χ1v) is 9.42. The molecule has 1 aromatic heterocycles. The van der Waals surface area contributed by atoms with Crippen molar-refractivity contribution >= 4 is 11.7 Å². The van der Waals surface area contributed by atoms with E-state index in [0.717, 1.165) is 24.1 Å². The van der Waals surface area contributed by atoms with Crippen molar-refractivity contribution < 1.29 is 9.59 Å². The van der Waals surface area contributed by atoms with Crippen molar-refractivity contribution in [3.8, 4) is 0 Å². The predicted molar refractivity (Wildman–Crippen MR) is 105 cm³/mol. The Labute approximate surface area is 164 Å². The van der Waals surface area contributed by atoms with E-state index in [2.05, 4.69) is 22.1 Å². The number of ketones is 1. The Morgan fingerprint density at radius 2 is 1.54 bits per heavy atom. The fraction of sp³-hybridized carbons (Fsp3) is 0.217. The molecule has 4 rings (SSSR count). The summed E-state index contributed by atoms with van der Waals surface area (Å²) in [5.41, 5.74) is 3.77. The van der Waals surface area contributed by atoms with Crippen LogP contribution in [0.25, 0.3) is 0 Å². The lowest BCUT2D eigenvalue weighted by Gasteiger charge is -2.15. The number of amides is 1. The molecule has 0 N–H and O–H groups in total. The highest BCUT2D eigenvalue weighted by atomic mass is 16.2. The van der Waals surface area contributed by atoms with Crippen LogP contribution in [-0.2, 0) is 29.0 Å². The molecule has 0 saturated carbocycles. The zero-order chi connectivity index (χ0) is 19.3. The molecule has 2 heterocycles. The number of carbonyl (C=O) groups excluding carboxylic acids is 2. The zero-order valence-electron chi connectivity index (χ0n) is 15.5. The van der Waals surface area contributed by atoms with Gasteiger partial charge in [0.1, 0.15) is 6.33 Å². The maximum absolute atomic E-state index is 12.5. The molecule has 1 aliphatic heterocycles. The van der Waals surface area contributed by atoms with Crippen molar-refractivity contribution in [3.05, 3.63) is 95.6 Å². The van der Waals surface area contributed by atoms with Crippen LogP contribution in [0.3, 0.4) is 0 Å². The molecule has 1 unspecified atom stereocenters. The van der Waals surface area contributed by atoms with Gasteiger partial charge in [-0.1, -0.05) is 60.7 Å². The fourth-order valence-corrected chi connectivity index (χ4v) is 3.52. The van der Waals surface area contributed by atoms with Crippen molar-refractivity contribution in [1.82, 2.24) is 14.9 Å². The van der Waals surface area contributed by atoms with Gasteiger partial charge in [-0.2, -0.15) is 0 Å². The molecule has 1 fully saturated rings. The molecule has 3 aromatic rings. The van der Waals surface area contributed by atoms with Crippen molar-refractivity contribution in [2.45, 2.75) is 25.3 Å². The Balaban J connectivity index is 1.46. The van der Waals surface area contributed by atoms with Gasteiger partial charge >= 0.3 is 0 Å². The Hall–Kier alpha value is -3.34. The van der Waals surface area contributed by atoms with Crippen LogP contribution in [-0.4, -0.2) is 33.1 Å². The Bertz CT molecular complexity index is 973. The van der Waals surface area contributed by atoms with Gasteiger partial charge < -0.3 is 4.90 Å². The van der Waals surface area contributed by atoms with Crippen molar-refractivity contribution in [3.63, 3.8) is 0 Å². The van der Waals surface area contributed by atoms with Crippen molar-refractivity contribution in [2.24, 2.45) is 0 Å².